The van der Waals surface area contributed by atoms with Crippen LogP contribution in [0.5, 0.6) is 0 Å². The zero-order chi connectivity index (χ0) is 10.7. The first-order valence-corrected chi connectivity index (χ1v) is 5.68. The summed E-state index contributed by atoms with van der Waals surface area (Å²) in [4.78, 5) is 2.39. The van der Waals surface area contributed by atoms with E-state index in [-0.39, 0.29) is 6.61 Å². The lowest BCUT2D eigenvalue weighted by atomic mass is 10.1. The lowest BCUT2D eigenvalue weighted by molar-refractivity contribution is 0.153. The van der Waals surface area contributed by atoms with E-state index < -0.39 is 0 Å². The molecule has 82 valence electrons. The molecule has 0 radical (unpaired) electrons. The molecule has 1 heterocycles. The first-order chi connectivity index (χ1) is 7.29. The number of likely N-dealkylation sites (tertiary alicyclic amines) is 1. The monoisotopic (exact) mass is 205 g/mol. The van der Waals surface area contributed by atoms with Gasteiger partial charge in [0.05, 0.1) is 6.61 Å². The summed E-state index contributed by atoms with van der Waals surface area (Å²) in [7, 11) is 0. The van der Waals surface area contributed by atoms with E-state index in [1.54, 1.807) is 0 Å². The summed E-state index contributed by atoms with van der Waals surface area (Å²) in [6, 6.07) is 10.8. The van der Waals surface area contributed by atoms with E-state index in [0.29, 0.717) is 12.0 Å². The van der Waals surface area contributed by atoms with Crippen molar-refractivity contribution < 1.29 is 5.11 Å². The van der Waals surface area contributed by atoms with Crippen LogP contribution < -0.4 is 0 Å². The van der Waals surface area contributed by atoms with Crippen LogP contribution >= 0.6 is 0 Å². The average molecular weight is 205 g/mol. The van der Waals surface area contributed by atoms with Crippen LogP contribution in [0.2, 0.25) is 0 Å². The van der Waals surface area contributed by atoms with Gasteiger partial charge in [0.1, 0.15) is 0 Å². The molecular weight excluding hydrogens is 186 g/mol. The molecule has 1 aliphatic heterocycles. The number of benzene rings is 1. The molecule has 0 saturated carbocycles. The van der Waals surface area contributed by atoms with E-state index in [4.69, 9.17) is 0 Å². The Bertz CT molecular complexity index is 299. The molecule has 15 heavy (non-hydrogen) atoms. The van der Waals surface area contributed by atoms with Gasteiger partial charge < -0.3 is 5.11 Å². The second kappa shape index (κ2) is 4.77. The normalized spacial score (nSPS) is 27.1. The van der Waals surface area contributed by atoms with E-state index in [0.717, 1.165) is 19.5 Å². The van der Waals surface area contributed by atoms with Gasteiger partial charge in [0.2, 0.25) is 0 Å². The number of nitrogens with zero attached hydrogens (tertiary/aromatic N) is 1. The van der Waals surface area contributed by atoms with Crippen LogP contribution in [0.3, 0.4) is 0 Å². The van der Waals surface area contributed by atoms with Gasteiger partial charge in [-0.2, -0.15) is 0 Å². The first kappa shape index (κ1) is 10.7. The highest BCUT2D eigenvalue weighted by Crippen LogP contribution is 2.24. The van der Waals surface area contributed by atoms with Crippen molar-refractivity contribution in [2.24, 2.45) is 5.92 Å². The summed E-state index contributed by atoms with van der Waals surface area (Å²) >= 11 is 0. The Labute approximate surface area is 91.5 Å². The molecule has 1 N–H and O–H groups in total. The largest absolute Gasteiger partial charge is 0.395 e. The minimum absolute atomic E-state index is 0.289. The smallest absolute Gasteiger partial charge is 0.0587 e. The molecule has 0 aliphatic carbocycles. The van der Waals surface area contributed by atoms with Gasteiger partial charge in [-0.05, 0) is 17.9 Å². The summed E-state index contributed by atoms with van der Waals surface area (Å²) in [5, 5.41) is 9.29. The molecule has 2 atom stereocenters. The molecular formula is C13H19NO. The van der Waals surface area contributed by atoms with Crippen LogP contribution in [0.1, 0.15) is 18.9 Å². The molecule has 1 saturated heterocycles. The van der Waals surface area contributed by atoms with Gasteiger partial charge in [-0.15, -0.1) is 0 Å². The summed E-state index contributed by atoms with van der Waals surface area (Å²) in [5.41, 5.74) is 1.34. The fourth-order valence-corrected chi connectivity index (χ4v) is 2.44. The number of aliphatic hydroxyl groups excluding tert-OH is 1. The van der Waals surface area contributed by atoms with Crippen molar-refractivity contribution in [2.75, 3.05) is 13.2 Å². The lowest BCUT2D eigenvalue weighted by Gasteiger charge is -2.22. The van der Waals surface area contributed by atoms with Gasteiger partial charge >= 0.3 is 0 Å². The second-order valence-electron chi connectivity index (χ2n) is 4.59. The molecule has 2 nitrogen and oxygen atoms in total. The summed E-state index contributed by atoms with van der Waals surface area (Å²) < 4.78 is 0. The van der Waals surface area contributed by atoms with Gasteiger partial charge in [0.25, 0.3) is 0 Å². The van der Waals surface area contributed by atoms with Crippen LogP contribution in [0.15, 0.2) is 30.3 Å². The van der Waals surface area contributed by atoms with E-state index in [1.807, 2.05) is 6.07 Å². The Morgan fingerprint density at radius 3 is 2.73 bits per heavy atom. The molecule has 1 aliphatic rings. The Morgan fingerprint density at radius 2 is 2.07 bits per heavy atom. The van der Waals surface area contributed by atoms with Gasteiger partial charge in [0, 0.05) is 19.1 Å². The van der Waals surface area contributed by atoms with Gasteiger partial charge in [-0.25, -0.2) is 0 Å². The molecule has 0 spiro atoms. The van der Waals surface area contributed by atoms with E-state index in [2.05, 4.69) is 36.1 Å². The summed E-state index contributed by atoms with van der Waals surface area (Å²) in [6.07, 6.45) is 1.13. The van der Waals surface area contributed by atoms with E-state index >= 15 is 0 Å². The van der Waals surface area contributed by atoms with Crippen molar-refractivity contribution in [2.45, 2.75) is 25.9 Å². The molecule has 0 aromatic heterocycles. The predicted molar refractivity (Wildman–Crippen MR) is 61.5 cm³/mol. The van der Waals surface area contributed by atoms with Crippen LogP contribution in [0.4, 0.5) is 0 Å². The first-order valence-electron chi connectivity index (χ1n) is 5.68. The van der Waals surface area contributed by atoms with E-state index in [9.17, 15) is 5.11 Å². The predicted octanol–water partition coefficient (Wildman–Crippen LogP) is 1.89. The summed E-state index contributed by atoms with van der Waals surface area (Å²) in [6.45, 7) is 4.63. The third-order valence-corrected chi connectivity index (χ3v) is 3.18. The molecule has 1 aromatic carbocycles. The summed E-state index contributed by atoms with van der Waals surface area (Å²) in [5.74, 6) is 0.714. The molecule has 2 rings (SSSR count). The van der Waals surface area contributed by atoms with Gasteiger partial charge in [-0.3, -0.25) is 4.90 Å². The van der Waals surface area contributed by atoms with Crippen molar-refractivity contribution in [3.05, 3.63) is 35.9 Å². The highest BCUT2D eigenvalue weighted by Gasteiger charge is 2.28. The fourth-order valence-electron chi connectivity index (χ4n) is 2.44. The van der Waals surface area contributed by atoms with Crippen LogP contribution in [-0.4, -0.2) is 29.2 Å². The maximum Gasteiger partial charge on any atom is 0.0587 e. The third kappa shape index (κ3) is 2.58. The number of hydrogen-bond donors (Lipinski definition) is 1. The zero-order valence-corrected chi connectivity index (χ0v) is 9.26. The minimum atomic E-state index is 0.289. The van der Waals surface area contributed by atoms with E-state index in [1.165, 1.54) is 5.56 Å². The molecule has 1 fully saturated rings. The topological polar surface area (TPSA) is 23.5 Å². The maximum atomic E-state index is 9.29. The van der Waals surface area contributed by atoms with Crippen molar-refractivity contribution in [3.8, 4) is 0 Å². The highest BCUT2D eigenvalue weighted by molar-refractivity contribution is 5.14. The Hall–Kier alpha value is -0.860. The highest BCUT2D eigenvalue weighted by atomic mass is 16.3. The number of rotatable bonds is 3. The van der Waals surface area contributed by atoms with Crippen molar-refractivity contribution in [1.29, 1.82) is 0 Å². The fraction of sp³-hybridized carbons (Fsp3) is 0.538. The average Bonchev–Trinajstić information content (AvgIpc) is 2.60. The van der Waals surface area contributed by atoms with Crippen molar-refractivity contribution in [3.63, 3.8) is 0 Å². The molecule has 1 aromatic rings. The van der Waals surface area contributed by atoms with Crippen LogP contribution in [-0.2, 0) is 6.54 Å². The van der Waals surface area contributed by atoms with Crippen LogP contribution in [0, 0.1) is 5.92 Å². The minimum Gasteiger partial charge on any atom is -0.395 e. The second-order valence-corrected chi connectivity index (χ2v) is 4.59. The van der Waals surface area contributed by atoms with Crippen molar-refractivity contribution >= 4 is 0 Å². The number of hydrogen-bond acceptors (Lipinski definition) is 2. The standard InChI is InChI=1S/C13H19NO/c1-11-7-13(10-15)14(8-11)9-12-5-3-2-4-6-12/h2-6,11,13,15H,7-10H2,1H3/t11-,13-/m1/s1. The Balaban J connectivity index is 2.00. The molecule has 2 heteroatoms. The maximum absolute atomic E-state index is 9.29. The molecule has 0 unspecified atom stereocenters. The quantitative estimate of drug-likeness (QED) is 0.814. The van der Waals surface area contributed by atoms with Crippen molar-refractivity contribution in [1.82, 2.24) is 4.90 Å². The van der Waals surface area contributed by atoms with Gasteiger partial charge in [0.15, 0.2) is 0 Å². The molecule has 0 amide bonds. The SMILES string of the molecule is C[C@@H]1C[C@H](CO)N(Cc2ccccc2)C1. The van der Waals surface area contributed by atoms with Crippen LogP contribution in [0.25, 0.3) is 0 Å². The van der Waals surface area contributed by atoms with Gasteiger partial charge in [-0.1, -0.05) is 37.3 Å². The zero-order valence-electron chi connectivity index (χ0n) is 9.26. The Kier molecular flexibility index (Phi) is 3.39. The third-order valence-electron chi connectivity index (χ3n) is 3.18. The lowest BCUT2D eigenvalue weighted by Crippen LogP contribution is -2.31. The Morgan fingerprint density at radius 1 is 1.33 bits per heavy atom. The molecule has 0 bridgehead atoms. The number of aliphatic hydroxyl groups is 1.